The standard InChI is InChI=1S/C12H21NS/c1-5-6-7-11(13-4)12-8-9(2)10(3)14-12/h8,11,13H,5-7H2,1-4H3. The molecule has 1 atom stereocenters. The minimum Gasteiger partial charge on any atom is -0.312 e. The molecule has 0 spiro atoms. The van der Waals surface area contributed by atoms with Crippen LogP contribution in [0.15, 0.2) is 6.07 Å². The van der Waals surface area contributed by atoms with Crippen molar-refractivity contribution >= 4 is 11.3 Å². The number of hydrogen-bond donors (Lipinski definition) is 1. The summed E-state index contributed by atoms with van der Waals surface area (Å²) < 4.78 is 0. The molecule has 0 fully saturated rings. The van der Waals surface area contributed by atoms with Crippen LogP contribution in [0.1, 0.15) is 47.5 Å². The average molecular weight is 211 g/mol. The Morgan fingerprint density at radius 1 is 1.43 bits per heavy atom. The molecule has 2 heteroatoms. The first-order valence-corrected chi connectivity index (χ1v) is 6.24. The monoisotopic (exact) mass is 211 g/mol. The molecule has 1 aromatic heterocycles. The molecule has 1 N–H and O–H groups in total. The van der Waals surface area contributed by atoms with Gasteiger partial charge in [-0.15, -0.1) is 11.3 Å². The molecule has 0 aromatic carbocycles. The molecule has 0 radical (unpaired) electrons. The van der Waals surface area contributed by atoms with Gasteiger partial charge >= 0.3 is 0 Å². The van der Waals surface area contributed by atoms with Crippen LogP contribution < -0.4 is 5.32 Å². The van der Waals surface area contributed by atoms with Gasteiger partial charge in [-0.1, -0.05) is 19.8 Å². The van der Waals surface area contributed by atoms with Crippen LogP contribution in [-0.2, 0) is 0 Å². The van der Waals surface area contributed by atoms with Crippen LogP contribution >= 0.6 is 11.3 Å². The fraction of sp³-hybridized carbons (Fsp3) is 0.667. The van der Waals surface area contributed by atoms with Crippen molar-refractivity contribution in [1.29, 1.82) is 0 Å². The van der Waals surface area contributed by atoms with Crippen LogP contribution in [0.4, 0.5) is 0 Å². The van der Waals surface area contributed by atoms with E-state index in [1.54, 1.807) is 0 Å². The van der Waals surface area contributed by atoms with Gasteiger partial charge in [-0.2, -0.15) is 0 Å². The van der Waals surface area contributed by atoms with Crippen LogP contribution in [0.3, 0.4) is 0 Å². The molecule has 1 rings (SSSR count). The van der Waals surface area contributed by atoms with E-state index < -0.39 is 0 Å². The first kappa shape index (κ1) is 11.7. The Labute approximate surface area is 91.5 Å². The first-order chi connectivity index (χ1) is 6.69. The van der Waals surface area contributed by atoms with E-state index >= 15 is 0 Å². The van der Waals surface area contributed by atoms with Crippen molar-refractivity contribution in [2.24, 2.45) is 0 Å². The average Bonchev–Trinajstić information content (AvgIpc) is 2.48. The summed E-state index contributed by atoms with van der Waals surface area (Å²) >= 11 is 1.93. The van der Waals surface area contributed by atoms with Gasteiger partial charge in [0.1, 0.15) is 0 Å². The van der Waals surface area contributed by atoms with Gasteiger partial charge in [-0.3, -0.25) is 0 Å². The zero-order valence-corrected chi connectivity index (χ0v) is 10.5. The van der Waals surface area contributed by atoms with Gasteiger partial charge in [0.2, 0.25) is 0 Å². The summed E-state index contributed by atoms with van der Waals surface area (Å²) in [6.45, 7) is 6.65. The molecule has 1 heterocycles. The molecule has 0 aliphatic heterocycles. The largest absolute Gasteiger partial charge is 0.312 e. The number of unbranched alkanes of at least 4 members (excludes halogenated alkanes) is 1. The lowest BCUT2D eigenvalue weighted by atomic mass is 10.1. The molecule has 0 saturated heterocycles. The molecule has 0 bridgehead atoms. The highest BCUT2D eigenvalue weighted by atomic mass is 32.1. The van der Waals surface area contributed by atoms with Gasteiger partial charge in [0.25, 0.3) is 0 Å². The third-order valence-corrected chi connectivity index (χ3v) is 3.99. The van der Waals surface area contributed by atoms with Crippen molar-refractivity contribution in [2.45, 2.75) is 46.1 Å². The second kappa shape index (κ2) is 5.52. The topological polar surface area (TPSA) is 12.0 Å². The van der Waals surface area contributed by atoms with E-state index in [9.17, 15) is 0 Å². The highest BCUT2D eigenvalue weighted by Gasteiger charge is 2.11. The summed E-state index contributed by atoms with van der Waals surface area (Å²) in [4.78, 5) is 2.95. The minimum atomic E-state index is 0.562. The Morgan fingerprint density at radius 2 is 2.14 bits per heavy atom. The normalized spacial score (nSPS) is 13.1. The Bertz CT molecular complexity index is 258. The molecule has 0 aliphatic carbocycles. The molecule has 1 aromatic rings. The number of rotatable bonds is 5. The number of aryl methyl sites for hydroxylation is 2. The molecule has 0 aliphatic rings. The Morgan fingerprint density at radius 3 is 2.57 bits per heavy atom. The van der Waals surface area contributed by atoms with Gasteiger partial charge in [-0.25, -0.2) is 0 Å². The van der Waals surface area contributed by atoms with E-state index in [-0.39, 0.29) is 0 Å². The van der Waals surface area contributed by atoms with Crippen molar-refractivity contribution in [3.8, 4) is 0 Å². The van der Waals surface area contributed by atoms with Crippen molar-refractivity contribution in [2.75, 3.05) is 7.05 Å². The van der Waals surface area contributed by atoms with Crippen LogP contribution in [0.25, 0.3) is 0 Å². The maximum Gasteiger partial charge on any atom is 0.0412 e. The summed E-state index contributed by atoms with van der Waals surface area (Å²) in [6, 6.07) is 2.89. The van der Waals surface area contributed by atoms with Gasteiger partial charge in [0.05, 0.1) is 0 Å². The second-order valence-electron chi connectivity index (χ2n) is 3.87. The van der Waals surface area contributed by atoms with Crippen molar-refractivity contribution in [3.63, 3.8) is 0 Å². The van der Waals surface area contributed by atoms with Crippen LogP contribution in [0.5, 0.6) is 0 Å². The third-order valence-electron chi connectivity index (χ3n) is 2.72. The van der Waals surface area contributed by atoms with E-state index in [0.29, 0.717) is 6.04 Å². The summed E-state index contributed by atoms with van der Waals surface area (Å²) in [5, 5.41) is 3.40. The van der Waals surface area contributed by atoms with Gasteiger partial charge < -0.3 is 5.32 Å². The Hall–Kier alpha value is -0.340. The predicted molar refractivity (Wildman–Crippen MR) is 65.1 cm³/mol. The van der Waals surface area contributed by atoms with E-state index in [0.717, 1.165) is 0 Å². The molecule has 0 saturated carbocycles. The highest BCUT2D eigenvalue weighted by molar-refractivity contribution is 7.12. The van der Waals surface area contributed by atoms with Gasteiger partial charge in [0, 0.05) is 15.8 Å². The molecule has 1 nitrogen and oxygen atoms in total. The Balaban J connectivity index is 2.68. The van der Waals surface area contributed by atoms with Crippen LogP contribution in [0, 0.1) is 13.8 Å². The van der Waals surface area contributed by atoms with Crippen LogP contribution in [-0.4, -0.2) is 7.05 Å². The first-order valence-electron chi connectivity index (χ1n) is 5.43. The molecule has 0 amide bonds. The fourth-order valence-electron chi connectivity index (χ4n) is 1.61. The van der Waals surface area contributed by atoms with Gasteiger partial charge in [-0.05, 0) is 38.9 Å². The van der Waals surface area contributed by atoms with E-state index in [2.05, 4.69) is 39.2 Å². The fourth-order valence-corrected chi connectivity index (χ4v) is 2.80. The highest BCUT2D eigenvalue weighted by Crippen LogP contribution is 2.28. The molecule has 14 heavy (non-hydrogen) atoms. The maximum atomic E-state index is 3.40. The lowest BCUT2D eigenvalue weighted by Gasteiger charge is -2.13. The predicted octanol–water partition coefficient (Wildman–Crippen LogP) is 3.82. The zero-order valence-electron chi connectivity index (χ0n) is 9.68. The molecular weight excluding hydrogens is 190 g/mol. The van der Waals surface area contributed by atoms with Crippen molar-refractivity contribution < 1.29 is 0 Å². The van der Waals surface area contributed by atoms with Crippen LogP contribution in [0.2, 0.25) is 0 Å². The van der Waals surface area contributed by atoms with E-state index in [1.807, 2.05) is 11.3 Å². The number of thiophene rings is 1. The smallest absolute Gasteiger partial charge is 0.0412 e. The Kier molecular flexibility index (Phi) is 4.63. The summed E-state index contributed by atoms with van der Waals surface area (Å²) in [5.74, 6) is 0. The second-order valence-corrected chi connectivity index (χ2v) is 5.16. The van der Waals surface area contributed by atoms with Gasteiger partial charge in [0.15, 0.2) is 0 Å². The lowest BCUT2D eigenvalue weighted by Crippen LogP contribution is -2.14. The van der Waals surface area contributed by atoms with E-state index in [1.165, 1.54) is 34.6 Å². The lowest BCUT2D eigenvalue weighted by molar-refractivity contribution is 0.530. The van der Waals surface area contributed by atoms with Crippen molar-refractivity contribution in [1.82, 2.24) is 5.32 Å². The molecule has 80 valence electrons. The maximum absolute atomic E-state index is 3.40. The van der Waals surface area contributed by atoms with E-state index in [4.69, 9.17) is 0 Å². The summed E-state index contributed by atoms with van der Waals surface area (Å²) in [6.07, 6.45) is 3.84. The zero-order chi connectivity index (χ0) is 10.6. The third kappa shape index (κ3) is 2.82. The van der Waals surface area contributed by atoms with Crippen molar-refractivity contribution in [3.05, 3.63) is 21.4 Å². The minimum absolute atomic E-state index is 0.562. The quantitative estimate of drug-likeness (QED) is 0.781. The molecular formula is C12H21NS. The summed E-state index contributed by atoms with van der Waals surface area (Å²) in [5.41, 5.74) is 1.43. The SMILES string of the molecule is CCCCC(NC)c1cc(C)c(C)s1. The molecule has 1 unspecified atom stereocenters. The number of hydrogen-bond acceptors (Lipinski definition) is 2. The number of nitrogens with one attached hydrogen (secondary N) is 1. The summed E-state index contributed by atoms with van der Waals surface area (Å²) in [7, 11) is 2.06.